The molecule has 33 heavy (non-hydrogen) atoms. The van der Waals surface area contributed by atoms with Crippen molar-refractivity contribution in [1.82, 2.24) is 10.2 Å². The molecule has 0 unspecified atom stereocenters. The van der Waals surface area contributed by atoms with E-state index in [1.165, 1.54) is 0 Å². The van der Waals surface area contributed by atoms with Crippen LogP contribution in [0.15, 0.2) is 41.3 Å². The summed E-state index contributed by atoms with van der Waals surface area (Å²) in [6.45, 7) is 6.77. The van der Waals surface area contributed by atoms with Gasteiger partial charge in [-0.05, 0) is 69.0 Å². The van der Waals surface area contributed by atoms with E-state index in [2.05, 4.69) is 10.0 Å². The van der Waals surface area contributed by atoms with Crippen molar-refractivity contribution in [2.45, 2.75) is 44.6 Å². The van der Waals surface area contributed by atoms with Crippen molar-refractivity contribution >= 4 is 27.5 Å². The number of carbonyl (C=O) groups is 2. The lowest BCUT2D eigenvalue weighted by molar-refractivity contribution is -0.125. The van der Waals surface area contributed by atoms with Gasteiger partial charge < -0.3 is 15.0 Å². The molecule has 9 heteroatoms. The maximum Gasteiger partial charge on any atom is 0.262 e. The number of aryl methyl sites for hydroxylation is 3. The summed E-state index contributed by atoms with van der Waals surface area (Å²) in [4.78, 5) is 27.3. The molecule has 0 spiro atoms. The summed E-state index contributed by atoms with van der Waals surface area (Å²) in [7, 11) is -2.22. The second kappa shape index (κ2) is 10.4. The molecule has 0 saturated carbocycles. The highest BCUT2D eigenvalue weighted by Gasteiger charge is 2.34. The Labute approximate surface area is 195 Å². The Morgan fingerprint density at radius 1 is 1.09 bits per heavy atom. The van der Waals surface area contributed by atoms with E-state index < -0.39 is 16.1 Å². The van der Waals surface area contributed by atoms with Crippen LogP contribution in [-0.2, 0) is 19.6 Å². The van der Waals surface area contributed by atoms with Crippen LogP contribution in [0.3, 0.4) is 0 Å². The number of ether oxygens (including phenoxy) is 1. The molecule has 8 nitrogen and oxygen atoms in total. The largest absolute Gasteiger partial charge is 0.383 e. The molecule has 1 heterocycles. The lowest BCUT2D eigenvalue weighted by atomic mass is 10.1. The van der Waals surface area contributed by atoms with Crippen LogP contribution in [0.1, 0.15) is 39.9 Å². The van der Waals surface area contributed by atoms with E-state index in [4.69, 9.17) is 4.74 Å². The van der Waals surface area contributed by atoms with Gasteiger partial charge in [0.15, 0.2) is 0 Å². The molecule has 1 atom stereocenters. The minimum Gasteiger partial charge on any atom is -0.383 e. The number of likely N-dealkylation sites (tertiary alicyclic amines) is 1. The predicted molar refractivity (Wildman–Crippen MR) is 127 cm³/mol. The van der Waals surface area contributed by atoms with Crippen LogP contribution in [0.25, 0.3) is 0 Å². The van der Waals surface area contributed by atoms with Crippen molar-refractivity contribution in [2.75, 3.05) is 31.5 Å². The zero-order valence-electron chi connectivity index (χ0n) is 19.5. The van der Waals surface area contributed by atoms with E-state index in [1.54, 1.807) is 50.1 Å². The van der Waals surface area contributed by atoms with Gasteiger partial charge >= 0.3 is 0 Å². The van der Waals surface area contributed by atoms with Gasteiger partial charge in [0.1, 0.15) is 6.04 Å². The van der Waals surface area contributed by atoms with E-state index in [9.17, 15) is 18.0 Å². The molecule has 0 bridgehead atoms. The molecule has 2 N–H and O–H groups in total. The van der Waals surface area contributed by atoms with Gasteiger partial charge in [0.05, 0.1) is 11.5 Å². The summed E-state index contributed by atoms with van der Waals surface area (Å²) < 4.78 is 33.5. The Balaban J connectivity index is 1.72. The highest BCUT2D eigenvalue weighted by Crippen LogP contribution is 2.25. The van der Waals surface area contributed by atoms with Crippen LogP contribution < -0.4 is 10.0 Å². The molecule has 1 aliphatic heterocycles. The van der Waals surface area contributed by atoms with Gasteiger partial charge in [-0.2, -0.15) is 0 Å². The van der Waals surface area contributed by atoms with E-state index >= 15 is 0 Å². The molecule has 0 aromatic heterocycles. The number of anilines is 1. The number of hydrogen-bond donors (Lipinski definition) is 2. The number of methoxy groups -OCH3 is 1. The number of hydrogen-bond acceptors (Lipinski definition) is 5. The van der Waals surface area contributed by atoms with Gasteiger partial charge in [-0.25, -0.2) is 8.42 Å². The van der Waals surface area contributed by atoms with Gasteiger partial charge in [-0.3, -0.25) is 14.3 Å². The Kier molecular flexibility index (Phi) is 7.76. The third-order valence-corrected chi connectivity index (χ3v) is 7.37. The average molecular weight is 474 g/mol. The molecule has 1 saturated heterocycles. The van der Waals surface area contributed by atoms with Gasteiger partial charge in [0.2, 0.25) is 5.91 Å². The smallest absolute Gasteiger partial charge is 0.262 e. The monoisotopic (exact) mass is 473 g/mol. The Morgan fingerprint density at radius 2 is 1.73 bits per heavy atom. The molecule has 2 aromatic rings. The van der Waals surface area contributed by atoms with Crippen LogP contribution in [0.2, 0.25) is 0 Å². The third kappa shape index (κ3) is 5.72. The second-order valence-electron chi connectivity index (χ2n) is 8.35. The first-order valence-electron chi connectivity index (χ1n) is 10.9. The number of benzene rings is 2. The number of amides is 2. The van der Waals surface area contributed by atoms with Gasteiger partial charge in [0, 0.05) is 31.5 Å². The lowest BCUT2D eigenvalue weighted by Crippen LogP contribution is -2.46. The average Bonchev–Trinajstić information content (AvgIpc) is 3.22. The fourth-order valence-electron chi connectivity index (χ4n) is 4.32. The number of sulfonamides is 1. The Hall–Kier alpha value is -2.91. The van der Waals surface area contributed by atoms with Crippen LogP contribution in [0.4, 0.5) is 5.69 Å². The first kappa shape index (κ1) is 24.7. The van der Waals surface area contributed by atoms with Gasteiger partial charge in [-0.1, -0.05) is 17.7 Å². The normalized spacial score (nSPS) is 16.0. The minimum absolute atomic E-state index is 0.189. The lowest BCUT2D eigenvalue weighted by Gasteiger charge is -2.24. The zero-order chi connectivity index (χ0) is 24.2. The molecular weight excluding hydrogens is 442 g/mol. The summed E-state index contributed by atoms with van der Waals surface area (Å²) in [6, 6.07) is 9.43. The first-order chi connectivity index (χ1) is 15.6. The van der Waals surface area contributed by atoms with Crippen LogP contribution in [-0.4, -0.2) is 58.0 Å². The zero-order valence-corrected chi connectivity index (χ0v) is 20.3. The first-order valence-corrected chi connectivity index (χ1v) is 12.4. The molecule has 1 aliphatic rings. The summed E-state index contributed by atoms with van der Waals surface area (Å²) >= 11 is 0. The minimum atomic E-state index is -3.78. The summed E-state index contributed by atoms with van der Waals surface area (Å²) in [6.07, 6.45) is 1.36. The van der Waals surface area contributed by atoms with Crippen molar-refractivity contribution in [3.05, 3.63) is 58.7 Å². The number of nitrogens with zero attached hydrogens (tertiary/aromatic N) is 1. The fourth-order valence-corrected chi connectivity index (χ4v) is 5.83. The van der Waals surface area contributed by atoms with Crippen LogP contribution in [0, 0.1) is 20.8 Å². The molecular formula is C24H31N3O5S. The van der Waals surface area contributed by atoms with Crippen molar-refractivity contribution < 1.29 is 22.7 Å². The molecule has 1 fully saturated rings. The fraction of sp³-hybridized carbons (Fsp3) is 0.417. The quantitative estimate of drug-likeness (QED) is 0.574. The molecule has 178 valence electrons. The molecule has 3 rings (SSSR count). The highest BCUT2D eigenvalue weighted by atomic mass is 32.2. The van der Waals surface area contributed by atoms with Gasteiger partial charge in [-0.15, -0.1) is 0 Å². The molecule has 0 aliphatic carbocycles. The predicted octanol–water partition coefficient (Wildman–Crippen LogP) is 2.78. The van der Waals surface area contributed by atoms with Crippen LogP contribution in [0.5, 0.6) is 0 Å². The maximum atomic E-state index is 13.0. The molecule has 2 amide bonds. The number of nitrogens with one attached hydrogen (secondary N) is 2. The van der Waals surface area contributed by atoms with Crippen molar-refractivity contribution in [3.63, 3.8) is 0 Å². The topological polar surface area (TPSA) is 105 Å². The summed E-state index contributed by atoms with van der Waals surface area (Å²) in [5, 5.41) is 2.79. The van der Waals surface area contributed by atoms with Crippen molar-refractivity contribution in [1.29, 1.82) is 0 Å². The second-order valence-corrected chi connectivity index (χ2v) is 9.97. The van der Waals surface area contributed by atoms with E-state index in [1.807, 2.05) is 19.1 Å². The maximum absolute atomic E-state index is 13.0. The van der Waals surface area contributed by atoms with E-state index in [-0.39, 0.29) is 16.7 Å². The summed E-state index contributed by atoms with van der Waals surface area (Å²) in [5.41, 5.74) is 3.11. The Bertz CT molecular complexity index is 1110. The van der Waals surface area contributed by atoms with Gasteiger partial charge in [0.25, 0.3) is 15.9 Å². The van der Waals surface area contributed by atoms with E-state index in [0.717, 1.165) is 12.0 Å². The SMILES string of the molecule is COCCNC(=O)[C@@H]1CCCN1C(=O)c1ccc(NS(=O)(=O)c2c(C)cc(C)cc2C)cc1. The van der Waals surface area contributed by atoms with Crippen LogP contribution >= 0.6 is 0 Å². The highest BCUT2D eigenvalue weighted by molar-refractivity contribution is 7.92. The van der Waals surface area contributed by atoms with Crippen molar-refractivity contribution in [3.8, 4) is 0 Å². The number of carbonyl (C=O) groups excluding carboxylic acids is 2. The Morgan fingerprint density at radius 3 is 2.33 bits per heavy atom. The molecule has 2 aromatic carbocycles. The van der Waals surface area contributed by atoms with Crippen molar-refractivity contribution in [2.24, 2.45) is 0 Å². The number of rotatable bonds is 8. The van der Waals surface area contributed by atoms with E-state index in [0.29, 0.717) is 48.5 Å². The standard InChI is InChI=1S/C24H31N3O5S/c1-16-14-17(2)22(18(3)15-16)33(30,31)26-20-9-7-19(8-10-20)24(29)27-12-5-6-21(27)23(28)25-11-13-32-4/h7-10,14-15,21,26H,5-6,11-13H2,1-4H3,(H,25,28)/t21-/m0/s1. The summed E-state index contributed by atoms with van der Waals surface area (Å²) in [5.74, 6) is -0.440. The molecule has 0 radical (unpaired) electrons. The third-order valence-electron chi connectivity index (χ3n) is 5.68.